The Morgan fingerprint density at radius 2 is 2.31 bits per heavy atom. The van der Waals surface area contributed by atoms with Crippen LogP contribution in [0.25, 0.3) is 0 Å². The normalized spacial score (nSPS) is 14.0. The third-order valence-corrected chi connectivity index (χ3v) is 3.69. The highest BCUT2D eigenvalue weighted by Gasteiger charge is 2.15. The van der Waals surface area contributed by atoms with E-state index >= 15 is 0 Å². The zero-order valence-corrected chi connectivity index (χ0v) is 11.2. The van der Waals surface area contributed by atoms with E-state index in [2.05, 4.69) is 31.1 Å². The highest BCUT2D eigenvalue weighted by molar-refractivity contribution is 7.09. The van der Waals surface area contributed by atoms with E-state index in [4.69, 9.17) is 5.11 Å². The summed E-state index contributed by atoms with van der Waals surface area (Å²) in [4.78, 5) is 4.28. The molecule has 0 spiro atoms. The number of hydrogen-bond donors (Lipinski definition) is 2. The number of nitrogens with zero attached hydrogens (tertiary/aromatic N) is 1. The molecule has 1 aromatic heterocycles. The minimum atomic E-state index is 0.0477. The van der Waals surface area contributed by atoms with Gasteiger partial charge in [0.2, 0.25) is 0 Å². The second-order valence-electron chi connectivity index (χ2n) is 4.97. The Balaban J connectivity index is 2.16. The summed E-state index contributed by atoms with van der Waals surface area (Å²) in [6.45, 7) is 7.56. The van der Waals surface area contributed by atoms with Crippen LogP contribution in [0.3, 0.4) is 0 Å². The van der Waals surface area contributed by atoms with E-state index in [1.807, 2.05) is 11.6 Å². The fourth-order valence-electron chi connectivity index (χ4n) is 1.50. The molecule has 1 rings (SSSR count). The minimum absolute atomic E-state index is 0.0477. The molecule has 2 N–H and O–H groups in total. The average molecular weight is 242 g/mol. The predicted octanol–water partition coefficient (Wildman–Crippen LogP) is 2.59. The SMILES string of the molecule is CC(NCCCC(C)(C)CO)c1nccs1. The molecule has 0 fully saturated rings. The molecule has 0 saturated heterocycles. The summed E-state index contributed by atoms with van der Waals surface area (Å²) in [6.07, 6.45) is 3.97. The molecule has 0 aromatic carbocycles. The molecule has 92 valence electrons. The van der Waals surface area contributed by atoms with Crippen molar-refractivity contribution in [3.05, 3.63) is 16.6 Å². The molecule has 1 unspecified atom stereocenters. The van der Waals surface area contributed by atoms with Gasteiger partial charge in [-0.1, -0.05) is 13.8 Å². The predicted molar refractivity (Wildman–Crippen MR) is 68.6 cm³/mol. The van der Waals surface area contributed by atoms with Crippen molar-refractivity contribution in [2.24, 2.45) is 5.41 Å². The average Bonchev–Trinajstić information content (AvgIpc) is 2.77. The topological polar surface area (TPSA) is 45.1 Å². The van der Waals surface area contributed by atoms with Gasteiger partial charge in [-0.2, -0.15) is 0 Å². The van der Waals surface area contributed by atoms with E-state index < -0.39 is 0 Å². The molecule has 0 saturated carbocycles. The largest absolute Gasteiger partial charge is 0.396 e. The summed E-state index contributed by atoms with van der Waals surface area (Å²) in [5, 5.41) is 15.7. The van der Waals surface area contributed by atoms with Crippen molar-refractivity contribution in [2.75, 3.05) is 13.2 Å². The lowest BCUT2D eigenvalue weighted by atomic mass is 9.89. The second kappa shape index (κ2) is 6.33. The molecular formula is C12H22N2OS. The van der Waals surface area contributed by atoms with Crippen LogP contribution < -0.4 is 5.32 Å². The first kappa shape index (κ1) is 13.6. The quantitative estimate of drug-likeness (QED) is 0.722. The van der Waals surface area contributed by atoms with Crippen LogP contribution in [0.5, 0.6) is 0 Å². The first-order valence-corrected chi connectivity index (χ1v) is 6.67. The molecule has 0 radical (unpaired) electrons. The van der Waals surface area contributed by atoms with Crippen molar-refractivity contribution in [1.82, 2.24) is 10.3 Å². The number of thiazole rings is 1. The molecule has 1 atom stereocenters. The van der Waals surface area contributed by atoms with Crippen molar-refractivity contribution in [3.63, 3.8) is 0 Å². The molecule has 1 aromatic rings. The smallest absolute Gasteiger partial charge is 0.109 e. The van der Waals surface area contributed by atoms with Crippen LogP contribution in [-0.4, -0.2) is 23.2 Å². The zero-order valence-electron chi connectivity index (χ0n) is 10.4. The van der Waals surface area contributed by atoms with Crippen molar-refractivity contribution >= 4 is 11.3 Å². The van der Waals surface area contributed by atoms with Crippen LogP contribution in [0.15, 0.2) is 11.6 Å². The van der Waals surface area contributed by atoms with Gasteiger partial charge >= 0.3 is 0 Å². The van der Waals surface area contributed by atoms with Crippen molar-refractivity contribution < 1.29 is 5.11 Å². The number of aromatic nitrogens is 1. The van der Waals surface area contributed by atoms with Gasteiger partial charge in [-0.25, -0.2) is 4.98 Å². The number of rotatable bonds is 7. The van der Waals surface area contributed by atoms with E-state index in [9.17, 15) is 0 Å². The van der Waals surface area contributed by atoms with Gasteiger partial charge in [0, 0.05) is 18.2 Å². The highest BCUT2D eigenvalue weighted by Crippen LogP contribution is 2.21. The lowest BCUT2D eigenvalue weighted by Gasteiger charge is -2.21. The maximum atomic E-state index is 9.12. The Morgan fingerprint density at radius 1 is 1.56 bits per heavy atom. The molecule has 4 heteroatoms. The van der Waals surface area contributed by atoms with E-state index in [-0.39, 0.29) is 12.0 Å². The summed E-state index contributed by atoms with van der Waals surface area (Å²) in [5.41, 5.74) is 0.0477. The monoisotopic (exact) mass is 242 g/mol. The lowest BCUT2D eigenvalue weighted by Crippen LogP contribution is -2.23. The molecule has 3 nitrogen and oxygen atoms in total. The lowest BCUT2D eigenvalue weighted by molar-refractivity contribution is 0.147. The standard InChI is InChI=1S/C12H22N2OS/c1-10(11-14-7-8-16-11)13-6-4-5-12(2,3)9-15/h7-8,10,13,15H,4-6,9H2,1-3H3. The van der Waals surface area contributed by atoms with Crippen molar-refractivity contribution in [1.29, 1.82) is 0 Å². The third-order valence-electron chi connectivity index (χ3n) is 2.73. The molecular weight excluding hydrogens is 220 g/mol. The van der Waals surface area contributed by atoms with Gasteiger partial charge in [-0.05, 0) is 31.7 Å². The van der Waals surface area contributed by atoms with E-state index in [0.717, 1.165) is 24.4 Å². The van der Waals surface area contributed by atoms with E-state index in [1.54, 1.807) is 11.3 Å². The fourth-order valence-corrected chi connectivity index (χ4v) is 2.17. The Kier molecular flexibility index (Phi) is 5.38. The van der Waals surface area contributed by atoms with Gasteiger partial charge in [-0.3, -0.25) is 0 Å². The number of hydrogen-bond acceptors (Lipinski definition) is 4. The maximum Gasteiger partial charge on any atom is 0.109 e. The van der Waals surface area contributed by atoms with Gasteiger partial charge in [-0.15, -0.1) is 11.3 Å². The molecule has 0 amide bonds. The molecule has 0 aliphatic rings. The third kappa shape index (κ3) is 4.60. The van der Waals surface area contributed by atoms with E-state index in [1.165, 1.54) is 0 Å². The summed E-state index contributed by atoms with van der Waals surface area (Å²) < 4.78 is 0. The summed E-state index contributed by atoms with van der Waals surface area (Å²) in [7, 11) is 0. The molecule has 1 heterocycles. The van der Waals surface area contributed by atoms with Crippen LogP contribution in [0, 0.1) is 5.41 Å². The van der Waals surface area contributed by atoms with Gasteiger partial charge < -0.3 is 10.4 Å². The van der Waals surface area contributed by atoms with Crippen LogP contribution in [0.1, 0.15) is 44.7 Å². The number of nitrogens with one attached hydrogen (secondary N) is 1. The Labute approximate surface area is 102 Å². The van der Waals surface area contributed by atoms with Gasteiger partial charge in [0.1, 0.15) is 5.01 Å². The van der Waals surface area contributed by atoms with Crippen molar-refractivity contribution in [3.8, 4) is 0 Å². The van der Waals surface area contributed by atoms with Crippen LogP contribution in [0.4, 0.5) is 0 Å². The minimum Gasteiger partial charge on any atom is -0.396 e. The molecule has 0 bridgehead atoms. The Morgan fingerprint density at radius 3 is 2.88 bits per heavy atom. The fraction of sp³-hybridized carbons (Fsp3) is 0.750. The highest BCUT2D eigenvalue weighted by atomic mass is 32.1. The first-order valence-electron chi connectivity index (χ1n) is 5.79. The summed E-state index contributed by atoms with van der Waals surface area (Å²) >= 11 is 1.69. The van der Waals surface area contributed by atoms with E-state index in [0.29, 0.717) is 6.04 Å². The molecule has 0 aliphatic heterocycles. The number of aliphatic hydroxyl groups excluding tert-OH is 1. The zero-order chi connectivity index (χ0) is 12.0. The van der Waals surface area contributed by atoms with Crippen molar-refractivity contribution in [2.45, 2.75) is 39.7 Å². The van der Waals surface area contributed by atoms with Gasteiger partial charge in [0.15, 0.2) is 0 Å². The van der Waals surface area contributed by atoms with Crippen LogP contribution in [-0.2, 0) is 0 Å². The first-order chi connectivity index (χ1) is 7.55. The van der Waals surface area contributed by atoms with Crippen LogP contribution >= 0.6 is 11.3 Å². The Bertz CT molecular complexity index is 285. The Hall–Kier alpha value is -0.450. The molecule has 0 aliphatic carbocycles. The number of aliphatic hydroxyl groups is 1. The summed E-state index contributed by atoms with van der Waals surface area (Å²) in [5.74, 6) is 0. The second-order valence-corrected chi connectivity index (χ2v) is 5.90. The van der Waals surface area contributed by atoms with Gasteiger partial charge in [0.05, 0.1) is 6.04 Å². The molecule has 16 heavy (non-hydrogen) atoms. The van der Waals surface area contributed by atoms with Gasteiger partial charge in [0.25, 0.3) is 0 Å². The summed E-state index contributed by atoms with van der Waals surface area (Å²) in [6, 6.07) is 0.331. The van der Waals surface area contributed by atoms with Crippen LogP contribution in [0.2, 0.25) is 0 Å². The maximum absolute atomic E-state index is 9.12.